The van der Waals surface area contributed by atoms with Crippen LogP contribution in [-0.4, -0.2) is 40.8 Å². The van der Waals surface area contributed by atoms with Crippen molar-refractivity contribution in [3.05, 3.63) is 71.9 Å². The molecule has 0 bridgehead atoms. The van der Waals surface area contributed by atoms with Crippen molar-refractivity contribution in [2.24, 2.45) is 0 Å². The molecule has 0 saturated heterocycles. The molecular formula is C24H18F5N7O. The number of hydrogen-bond donors (Lipinski definition) is 0. The molecule has 0 atom stereocenters. The fourth-order valence-corrected chi connectivity index (χ4v) is 3.81. The van der Waals surface area contributed by atoms with Gasteiger partial charge in [-0.3, -0.25) is 4.68 Å². The molecule has 0 spiro atoms. The van der Waals surface area contributed by atoms with Gasteiger partial charge in [0.2, 0.25) is 5.88 Å². The minimum atomic E-state index is -4.51. The molecule has 13 heteroatoms. The lowest BCUT2D eigenvalue weighted by molar-refractivity contribution is -0.142. The number of pyridine rings is 2. The Kier molecular flexibility index (Phi) is 6.05. The average molecular weight is 515 g/mol. The summed E-state index contributed by atoms with van der Waals surface area (Å²) in [6, 6.07) is 9.46. The van der Waals surface area contributed by atoms with Crippen LogP contribution in [0.3, 0.4) is 0 Å². The first-order valence-electron chi connectivity index (χ1n) is 10.9. The Morgan fingerprint density at radius 2 is 1.76 bits per heavy atom. The first kappa shape index (κ1) is 24.3. The highest BCUT2D eigenvalue weighted by Gasteiger charge is 2.29. The zero-order valence-electron chi connectivity index (χ0n) is 19.4. The molecule has 0 radical (unpaired) electrons. The molecule has 0 N–H and O–H groups in total. The lowest BCUT2D eigenvalue weighted by atomic mass is 10.0. The van der Waals surface area contributed by atoms with Crippen molar-refractivity contribution in [2.75, 3.05) is 0 Å². The van der Waals surface area contributed by atoms with Gasteiger partial charge >= 0.3 is 6.18 Å². The van der Waals surface area contributed by atoms with E-state index in [1.165, 1.54) is 29.8 Å². The first-order chi connectivity index (χ1) is 17.6. The van der Waals surface area contributed by atoms with Gasteiger partial charge in [-0.05, 0) is 44.2 Å². The van der Waals surface area contributed by atoms with Crippen LogP contribution in [0.25, 0.3) is 28.0 Å². The molecule has 5 rings (SSSR count). The standard InChI is InChI=1S/C24H18F5N7O/c1-13-3-8-21(33-32-13)37-15-4-7-20-17(9-30-36(20)10-15)19-6-5-16(23(25)26)22(31-19)18-11-35(34-14(18)2)12-24(27,28)29/h3-11,23H,12H2,1-2H3. The SMILES string of the molecule is Cc1ccc(Oc2ccc3c(-c4ccc(C(F)F)c(-c5cn(CC(F)(F)F)nc5C)n4)cnn3c2)nn1. The molecule has 8 nitrogen and oxygen atoms in total. The first-order valence-corrected chi connectivity index (χ1v) is 10.9. The second kappa shape index (κ2) is 9.22. The molecule has 5 heterocycles. The zero-order valence-corrected chi connectivity index (χ0v) is 19.4. The van der Waals surface area contributed by atoms with Crippen LogP contribution in [0.1, 0.15) is 23.4 Å². The van der Waals surface area contributed by atoms with Crippen molar-refractivity contribution in [1.29, 1.82) is 0 Å². The Bertz CT molecular complexity index is 1580. The summed E-state index contributed by atoms with van der Waals surface area (Å²) in [4.78, 5) is 4.41. The summed E-state index contributed by atoms with van der Waals surface area (Å²) in [6.45, 7) is 1.91. The third-order valence-corrected chi connectivity index (χ3v) is 5.47. The highest BCUT2D eigenvalue weighted by molar-refractivity contribution is 5.80. The molecule has 0 saturated carbocycles. The van der Waals surface area contributed by atoms with E-state index < -0.39 is 24.7 Å². The number of hydrogen-bond acceptors (Lipinski definition) is 6. The Hall–Kier alpha value is -4.42. The maximum absolute atomic E-state index is 13.8. The smallest absolute Gasteiger partial charge is 0.408 e. The maximum Gasteiger partial charge on any atom is 0.408 e. The fraction of sp³-hybridized carbons (Fsp3) is 0.208. The topological polar surface area (TPSA) is 83.0 Å². The minimum Gasteiger partial charge on any atom is -0.436 e. The number of aromatic nitrogens is 7. The fourth-order valence-electron chi connectivity index (χ4n) is 3.81. The van der Waals surface area contributed by atoms with Crippen LogP contribution in [0, 0.1) is 13.8 Å². The van der Waals surface area contributed by atoms with Gasteiger partial charge in [-0.2, -0.15) is 28.5 Å². The number of aryl methyl sites for hydroxylation is 2. The van der Waals surface area contributed by atoms with Crippen molar-refractivity contribution in [3.63, 3.8) is 0 Å². The van der Waals surface area contributed by atoms with Gasteiger partial charge in [0.25, 0.3) is 6.43 Å². The van der Waals surface area contributed by atoms with Crippen LogP contribution in [0.15, 0.2) is 55.0 Å². The van der Waals surface area contributed by atoms with E-state index in [1.54, 1.807) is 37.4 Å². The van der Waals surface area contributed by atoms with Crippen LogP contribution in [-0.2, 0) is 6.54 Å². The summed E-state index contributed by atoms with van der Waals surface area (Å²) >= 11 is 0. The molecule has 0 amide bonds. The second-order valence-corrected chi connectivity index (χ2v) is 8.24. The number of rotatable bonds is 6. The monoisotopic (exact) mass is 515 g/mol. The van der Waals surface area contributed by atoms with E-state index in [2.05, 4.69) is 25.4 Å². The molecule has 5 aromatic rings. The summed E-state index contributed by atoms with van der Waals surface area (Å²) in [5.41, 5.74) is 1.88. The number of ether oxygens (including phenoxy) is 1. The van der Waals surface area contributed by atoms with E-state index >= 15 is 0 Å². The summed E-state index contributed by atoms with van der Waals surface area (Å²) < 4.78 is 74.0. The van der Waals surface area contributed by atoms with Gasteiger partial charge in [-0.25, -0.2) is 18.3 Å². The summed E-state index contributed by atoms with van der Waals surface area (Å²) in [5.74, 6) is 0.738. The molecule has 0 aliphatic heterocycles. The Balaban J connectivity index is 1.52. The van der Waals surface area contributed by atoms with Crippen LogP contribution >= 0.6 is 0 Å². The Morgan fingerprint density at radius 1 is 0.946 bits per heavy atom. The van der Waals surface area contributed by atoms with Crippen LogP contribution in [0.5, 0.6) is 11.6 Å². The van der Waals surface area contributed by atoms with E-state index in [0.29, 0.717) is 33.1 Å². The number of nitrogens with zero attached hydrogens (tertiary/aromatic N) is 7. The van der Waals surface area contributed by atoms with Gasteiger partial charge in [0, 0.05) is 29.0 Å². The number of fused-ring (bicyclic) bond motifs is 1. The lowest BCUT2D eigenvalue weighted by Crippen LogP contribution is -2.17. The van der Waals surface area contributed by atoms with Gasteiger partial charge < -0.3 is 4.74 Å². The van der Waals surface area contributed by atoms with Crippen molar-refractivity contribution in [1.82, 2.24) is 34.6 Å². The molecule has 0 fully saturated rings. The van der Waals surface area contributed by atoms with Crippen LogP contribution in [0.2, 0.25) is 0 Å². The second-order valence-electron chi connectivity index (χ2n) is 8.24. The zero-order chi connectivity index (χ0) is 26.3. The van der Waals surface area contributed by atoms with Crippen LogP contribution < -0.4 is 4.74 Å². The quantitative estimate of drug-likeness (QED) is 0.260. The lowest BCUT2D eigenvalue weighted by Gasteiger charge is -2.10. The number of alkyl halides is 5. The van der Waals surface area contributed by atoms with Crippen molar-refractivity contribution >= 4 is 5.52 Å². The van der Waals surface area contributed by atoms with E-state index in [0.717, 1.165) is 11.9 Å². The van der Waals surface area contributed by atoms with E-state index in [4.69, 9.17) is 4.74 Å². The largest absolute Gasteiger partial charge is 0.436 e. The molecule has 0 unspecified atom stereocenters. The van der Waals surface area contributed by atoms with E-state index in [-0.39, 0.29) is 17.0 Å². The van der Waals surface area contributed by atoms with Crippen LogP contribution in [0.4, 0.5) is 22.0 Å². The van der Waals surface area contributed by atoms with Gasteiger partial charge in [0.05, 0.1) is 40.7 Å². The van der Waals surface area contributed by atoms with Crippen molar-refractivity contribution < 1.29 is 26.7 Å². The third-order valence-electron chi connectivity index (χ3n) is 5.47. The average Bonchev–Trinajstić information content (AvgIpc) is 3.41. The summed E-state index contributed by atoms with van der Waals surface area (Å²) in [7, 11) is 0. The number of halogens is 5. The predicted molar refractivity (Wildman–Crippen MR) is 122 cm³/mol. The van der Waals surface area contributed by atoms with E-state index in [9.17, 15) is 22.0 Å². The Labute approximate surface area is 206 Å². The molecule has 37 heavy (non-hydrogen) atoms. The third kappa shape index (κ3) is 5.10. The molecular weight excluding hydrogens is 497 g/mol. The molecule has 190 valence electrons. The van der Waals surface area contributed by atoms with Gasteiger partial charge in [0.15, 0.2) is 0 Å². The minimum absolute atomic E-state index is 0.0905. The highest BCUT2D eigenvalue weighted by atomic mass is 19.4. The highest BCUT2D eigenvalue weighted by Crippen LogP contribution is 2.35. The Morgan fingerprint density at radius 3 is 2.46 bits per heavy atom. The maximum atomic E-state index is 13.8. The summed E-state index contributed by atoms with van der Waals surface area (Å²) in [5, 5.41) is 16.0. The van der Waals surface area contributed by atoms with Crippen molar-refractivity contribution in [3.8, 4) is 34.1 Å². The van der Waals surface area contributed by atoms with Crippen molar-refractivity contribution in [2.45, 2.75) is 33.0 Å². The normalized spacial score (nSPS) is 12.0. The van der Waals surface area contributed by atoms with Gasteiger partial charge in [-0.1, -0.05) is 0 Å². The molecule has 5 aromatic heterocycles. The predicted octanol–water partition coefficient (Wildman–Crippen LogP) is 5.96. The van der Waals surface area contributed by atoms with E-state index in [1.807, 2.05) is 0 Å². The molecule has 0 aliphatic rings. The molecule has 0 aliphatic carbocycles. The summed E-state index contributed by atoms with van der Waals surface area (Å²) in [6.07, 6.45) is -3.20. The molecule has 0 aromatic carbocycles. The van der Waals surface area contributed by atoms with Gasteiger partial charge in [0.1, 0.15) is 12.3 Å². The van der Waals surface area contributed by atoms with Gasteiger partial charge in [-0.15, -0.1) is 5.10 Å².